The second-order valence-corrected chi connectivity index (χ2v) is 5.78. The second kappa shape index (κ2) is 11.3. The molecule has 2 rings (SSSR count). The van der Waals surface area contributed by atoms with Crippen LogP contribution in [0.25, 0.3) is 11.1 Å². The predicted octanol–water partition coefficient (Wildman–Crippen LogP) is 4.20. The van der Waals surface area contributed by atoms with Gasteiger partial charge in [-0.2, -0.15) is 0 Å². The maximum Gasteiger partial charge on any atom is 0.302 e. The molecule has 0 aliphatic carbocycles. The fraction of sp³-hybridized carbons (Fsp3) is 0.381. The van der Waals surface area contributed by atoms with Crippen molar-refractivity contribution in [2.75, 3.05) is 26.6 Å². The fourth-order valence-corrected chi connectivity index (χ4v) is 2.28. The van der Waals surface area contributed by atoms with E-state index in [9.17, 15) is 4.79 Å². The van der Waals surface area contributed by atoms with Crippen molar-refractivity contribution >= 4 is 5.97 Å². The zero-order valence-electron chi connectivity index (χ0n) is 15.4. The van der Waals surface area contributed by atoms with Crippen LogP contribution in [-0.2, 0) is 25.6 Å². The third-order valence-electron chi connectivity index (χ3n) is 3.58. The molecular weight excluding hydrogens is 332 g/mol. The van der Waals surface area contributed by atoms with E-state index in [0.29, 0.717) is 13.2 Å². The standard InChI is InChI=1S/C21H26O5/c1-3-12-26-21-10-8-20(9-11-21)19-6-4-18(5-7-19)15-24-16-23-13-14-25-17(2)22/h4-11H,3,12-16H2,1-2H3. The molecule has 0 aliphatic heterocycles. The summed E-state index contributed by atoms with van der Waals surface area (Å²) in [6, 6.07) is 16.3. The molecule has 0 radical (unpaired) electrons. The zero-order valence-corrected chi connectivity index (χ0v) is 15.4. The van der Waals surface area contributed by atoms with Gasteiger partial charge in [-0.1, -0.05) is 43.3 Å². The Kier molecular flexibility index (Phi) is 8.66. The molecule has 0 saturated carbocycles. The lowest BCUT2D eigenvalue weighted by atomic mass is 10.0. The lowest BCUT2D eigenvalue weighted by molar-refractivity contribution is -0.144. The van der Waals surface area contributed by atoms with Crippen LogP contribution in [0.2, 0.25) is 0 Å². The van der Waals surface area contributed by atoms with Crippen LogP contribution in [0.4, 0.5) is 0 Å². The summed E-state index contributed by atoms with van der Waals surface area (Å²) in [4.78, 5) is 10.6. The quantitative estimate of drug-likeness (QED) is 0.342. The Morgan fingerprint density at radius 2 is 1.50 bits per heavy atom. The summed E-state index contributed by atoms with van der Waals surface area (Å²) in [5, 5.41) is 0. The second-order valence-electron chi connectivity index (χ2n) is 5.78. The van der Waals surface area contributed by atoms with Gasteiger partial charge in [-0.3, -0.25) is 4.79 Å². The molecule has 0 amide bonds. The van der Waals surface area contributed by atoms with Gasteiger partial charge in [0.2, 0.25) is 0 Å². The van der Waals surface area contributed by atoms with Gasteiger partial charge in [-0.15, -0.1) is 0 Å². The Morgan fingerprint density at radius 3 is 2.12 bits per heavy atom. The summed E-state index contributed by atoms with van der Waals surface area (Å²) in [7, 11) is 0. The van der Waals surface area contributed by atoms with Gasteiger partial charge in [0.15, 0.2) is 0 Å². The summed E-state index contributed by atoms with van der Waals surface area (Å²) >= 11 is 0. The molecule has 0 heterocycles. The first-order valence-electron chi connectivity index (χ1n) is 8.80. The minimum Gasteiger partial charge on any atom is -0.494 e. The predicted molar refractivity (Wildman–Crippen MR) is 99.9 cm³/mol. The molecule has 0 aromatic heterocycles. The Bertz CT molecular complexity index is 649. The van der Waals surface area contributed by atoms with Crippen molar-refractivity contribution < 1.29 is 23.7 Å². The first-order chi connectivity index (χ1) is 12.7. The normalized spacial score (nSPS) is 10.5. The van der Waals surface area contributed by atoms with E-state index in [4.69, 9.17) is 18.9 Å². The minimum absolute atomic E-state index is 0.169. The molecule has 0 atom stereocenters. The average Bonchev–Trinajstić information content (AvgIpc) is 2.66. The van der Waals surface area contributed by atoms with Crippen molar-refractivity contribution in [2.24, 2.45) is 0 Å². The fourth-order valence-electron chi connectivity index (χ4n) is 2.28. The van der Waals surface area contributed by atoms with Crippen molar-refractivity contribution in [3.8, 4) is 16.9 Å². The molecule has 2 aromatic carbocycles. The van der Waals surface area contributed by atoms with Gasteiger partial charge in [0, 0.05) is 6.92 Å². The Morgan fingerprint density at radius 1 is 0.846 bits per heavy atom. The van der Waals surface area contributed by atoms with Crippen LogP contribution < -0.4 is 4.74 Å². The number of hydrogen-bond donors (Lipinski definition) is 0. The van der Waals surface area contributed by atoms with Gasteiger partial charge in [0.1, 0.15) is 19.1 Å². The SMILES string of the molecule is CCCOc1ccc(-c2ccc(COCOCCOC(C)=O)cc2)cc1. The Balaban J connectivity index is 1.73. The molecule has 5 heteroatoms. The van der Waals surface area contributed by atoms with Gasteiger partial charge >= 0.3 is 5.97 Å². The van der Waals surface area contributed by atoms with Crippen molar-refractivity contribution in [1.82, 2.24) is 0 Å². The number of carbonyl (C=O) groups is 1. The van der Waals surface area contributed by atoms with Crippen LogP contribution >= 0.6 is 0 Å². The van der Waals surface area contributed by atoms with Crippen LogP contribution in [0.15, 0.2) is 48.5 Å². The molecule has 0 bridgehead atoms. The van der Waals surface area contributed by atoms with Gasteiger partial charge < -0.3 is 18.9 Å². The molecule has 0 N–H and O–H groups in total. The maximum atomic E-state index is 10.6. The van der Waals surface area contributed by atoms with Crippen molar-refractivity contribution in [3.05, 3.63) is 54.1 Å². The average molecular weight is 358 g/mol. The lowest BCUT2D eigenvalue weighted by Gasteiger charge is -2.08. The van der Waals surface area contributed by atoms with Crippen LogP contribution in [0.1, 0.15) is 25.8 Å². The topological polar surface area (TPSA) is 54.0 Å². The monoisotopic (exact) mass is 358 g/mol. The number of benzene rings is 2. The highest BCUT2D eigenvalue weighted by Crippen LogP contribution is 2.23. The highest BCUT2D eigenvalue weighted by Gasteiger charge is 2.00. The molecule has 140 valence electrons. The van der Waals surface area contributed by atoms with Crippen LogP contribution in [0.5, 0.6) is 5.75 Å². The highest BCUT2D eigenvalue weighted by atomic mass is 16.7. The molecule has 2 aromatic rings. The molecular formula is C21H26O5. The molecule has 26 heavy (non-hydrogen) atoms. The van der Waals surface area contributed by atoms with Crippen LogP contribution in [0.3, 0.4) is 0 Å². The minimum atomic E-state index is -0.308. The molecule has 0 unspecified atom stereocenters. The van der Waals surface area contributed by atoms with Gasteiger partial charge in [0.05, 0.1) is 19.8 Å². The highest BCUT2D eigenvalue weighted by molar-refractivity contribution is 5.66. The van der Waals surface area contributed by atoms with E-state index in [1.54, 1.807) is 0 Å². The molecule has 0 saturated heterocycles. The molecule has 0 fully saturated rings. The Hall–Kier alpha value is -2.37. The summed E-state index contributed by atoms with van der Waals surface area (Å²) in [5.74, 6) is 0.590. The molecule has 5 nitrogen and oxygen atoms in total. The zero-order chi connectivity index (χ0) is 18.6. The maximum absolute atomic E-state index is 10.6. The van der Waals surface area contributed by atoms with E-state index in [2.05, 4.69) is 31.2 Å². The largest absolute Gasteiger partial charge is 0.494 e. The smallest absolute Gasteiger partial charge is 0.302 e. The summed E-state index contributed by atoms with van der Waals surface area (Å²) in [6.07, 6.45) is 1.00. The first-order valence-corrected chi connectivity index (χ1v) is 8.80. The van der Waals surface area contributed by atoms with Crippen molar-refractivity contribution in [1.29, 1.82) is 0 Å². The van der Waals surface area contributed by atoms with Gasteiger partial charge in [0.25, 0.3) is 0 Å². The van der Waals surface area contributed by atoms with E-state index in [-0.39, 0.29) is 19.4 Å². The summed E-state index contributed by atoms with van der Waals surface area (Å²) in [6.45, 7) is 5.41. The third-order valence-corrected chi connectivity index (χ3v) is 3.58. The number of rotatable bonds is 11. The molecule has 0 spiro atoms. The summed E-state index contributed by atoms with van der Waals surface area (Å²) in [5.41, 5.74) is 3.36. The third kappa shape index (κ3) is 7.25. The van der Waals surface area contributed by atoms with E-state index in [1.807, 2.05) is 24.3 Å². The van der Waals surface area contributed by atoms with E-state index in [0.717, 1.165) is 35.5 Å². The van der Waals surface area contributed by atoms with Crippen molar-refractivity contribution in [2.45, 2.75) is 26.9 Å². The summed E-state index contributed by atoms with van der Waals surface area (Å²) < 4.78 is 21.0. The van der Waals surface area contributed by atoms with E-state index < -0.39 is 0 Å². The number of carbonyl (C=O) groups excluding carboxylic acids is 1. The van der Waals surface area contributed by atoms with Crippen LogP contribution in [0, 0.1) is 0 Å². The van der Waals surface area contributed by atoms with E-state index in [1.165, 1.54) is 6.92 Å². The Labute approximate surface area is 154 Å². The van der Waals surface area contributed by atoms with Gasteiger partial charge in [-0.05, 0) is 35.2 Å². The number of hydrogen-bond acceptors (Lipinski definition) is 5. The first kappa shape index (κ1) is 19.9. The van der Waals surface area contributed by atoms with E-state index >= 15 is 0 Å². The number of esters is 1. The number of ether oxygens (including phenoxy) is 4. The molecule has 0 aliphatic rings. The van der Waals surface area contributed by atoms with Crippen molar-refractivity contribution in [3.63, 3.8) is 0 Å². The van der Waals surface area contributed by atoms with Crippen LogP contribution in [-0.4, -0.2) is 32.6 Å². The lowest BCUT2D eigenvalue weighted by Crippen LogP contribution is -2.09. The van der Waals surface area contributed by atoms with Gasteiger partial charge in [-0.25, -0.2) is 0 Å².